The Morgan fingerprint density at radius 1 is 1.20 bits per heavy atom. The number of piperidine rings is 1. The van der Waals surface area contributed by atoms with Crippen LogP contribution in [0.4, 0.5) is 5.82 Å². The number of aromatic nitrogens is 3. The Bertz CT molecular complexity index is 775. The smallest absolute Gasteiger partial charge is 0.233 e. The average Bonchev–Trinajstić information content (AvgIpc) is 3.15. The summed E-state index contributed by atoms with van der Waals surface area (Å²) in [6.45, 7) is 2.62. The summed E-state index contributed by atoms with van der Waals surface area (Å²) in [5, 5.41) is 17.3. The Morgan fingerprint density at radius 2 is 2.08 bits per heavy atom. The van der Waals surface area contributed by atoms with Gasteiger partial charge in [-0.05, 0) is 55.7 Å². The quantitative estimate of drug-likeness (QED) is 0.855. The van der Waals surface area contributed by atoms with Crippen molar-refractivity contribution in [2.75, 3.05) is 24.6 Å². The van der Waals surface area contributed by atoms with E-state index in [0.29, 0.717) is 24.0 Å². The van der Waals surface area contributed by atoms with Crippen LogP contribution in [0, 0.1) is 17.2 Å². The lowest BCUT2D eigenvalue weighted by molar-refractivity contribution is 0.214. The molecule has 0 spiro atoms. The van der Waals surface area contributed by atoms with E-state index >= 15 is 0 Å². The van der Waals surface area contributed by atoms with Crippen molar-refractivity contribution in [3.63, 3.8) is 0 Å². The Labute approximate surface area is 147 Å². The highest BCUT2D eigenvalue weighted by Crippen LogP contribution is 2.25. The van der Waals surface area contributed by atoms with Crippen molar-refractivity contribution >= 4 is 5.82 Å². The van der Waals surface area contributed by atoms with Gasteiger partial charge >= 0.3 is 0 Å². The molecule has 6 nitrogen and oxygen atoms in total. The molecule has 2 aromatic heterocycles. The van der Waals surface area contributed by atoms with Gasteiger partial charge in [0.2, 0.25) is 5.88 Å². The average molecular weight is 335 g/mol. The van der Waals surface area contributed by atoms with E-state index in [-0.39, 0.29) is 0 Å². The Balaban J connectivity index is 1.28. The molecular weight excluding hydrogens is 314 g/mol. The SMILES string of the molecule is N#Cc1ccc(N2CCC(COc3cc4c(nn3)CCC4)CC2)nc1. The molecule has 0 unspecified atom stereocenters. The van der Waals surface area contributed by atoms with E-state index in [1.165, 1.54) is 12.0 Å². The summed E-state index contributed by atoms with van der Waals surface area (Å²) in [5.74, 6) is 2.14. The number of fused-ring (bicyclic) bond motifs is 1. The molecule has 6 heteroatoms. The fourth-order valence-corrected chi connectivity index (χ4v) is 3.55. The van der Waals surface area contributed by atoms with Gasteiger partial charge in [-0.15, -0.1) is 5.10 Å². The van der Waals surface area contributed by atoms with E-state index in [1.54, 1.807) is 6.20 Å². The van der Waals surface area contributed by atoms with E-state index in [0.717, 1.165) is 50.3 Å². The topological polar surface area (TPSA) is 74.9 Å². The Kier molecular flexibility index (Phi) is 4.47. The number of anilines is 1. The lowest BCUT2D eigenvalue weighted by atomic mass is 9.98. The number of ether oxygens (including phenoxy) is 1. The molecule has 128 valence electrons. The molecule has 0 bridgehead atoms. The third kappa shape index (κ3) is 3.55. The summed E-state index contributed by atoms with van der Waals surface area (Å²) < 4.78 is 5.90. The number of pyridine rings is 1. The predicted molar refractivity (Wildman–Crippen MR) is 93.4 cm³/mol. The van der Waals surface area contributed by atoms with Crippen LogP contribution in [0.25, 0.3) is 0 Å². The number of hydrogen-bond acceptors (Lipinski definition) is 6. The highest BCUT2D eigenvalue weighted by atomic mass is 16.5. The fourth-order valence-electron chi connectivity index (χ4n) is 3.55. The first-order valence-electron chi connectivity index (χ1n) is 8.91. The van der Waals surface area contributed by atoms with Gasteiger partial charge in [0.15, 0.2) is 0 Å². The zero-order valence-corrected chi connectivity index (χ0v) is 14.2. The van der Waals surface area contributed by atoms with E-state index in [9.17, 15) is 0 Å². The van der Waals surface area contributed by atoms with Crippen LogP contribution in [0.2, 0.25) is 0 Å². The van der Waals surface area contributed by atoms with Crippen molar-refractivity contribution in [3.05, 3.63) is 41.2 Å². The normalized spacial score (nSPS) is 17.2. The molecule has 0 radical (unpaired) electrons. The summed E-state index contributed by atoms with van der Waals surface area (Å²) in [6.07, 6.45) is 7.09. The van der Waals surface area contributed by atoms with E-state index in [1.807, 2.05) is 12.1 Å². The Morgan fingerprint density at radius 3 is 2.84 bits per heavy atom. The second-order valence-electron chi connectivity index (χ2n) is 6.77. The standard InChI is InChI=1S/C19H21N5O/c20-11-15-4-5-18(21-12-15)24-8-6-14(7-9-24)13-25-19-10-16-2-1-3-17(16)22-23-19/h4-5,10,12,14H,1-3,6-9,13H2. The van der Waals surface area contributed by atoms with Gasteiger partial charge < -0.3 is 9.64 Å². The van der Waals surface area contributed by atoms with E-state index in [4.69, 9.17) is 10.00 Å². The first-order valence-corrected chi connectivity index (χ1v) is 8.91. The first kappa shape index (κ1) is 15.8. The van der Waals surface area contributed by atoms with Crippen molar-refractivity contribution in [3.8, 4) is 11.9 Å². The predicted octanol–water partition coefficient (Wildman–Crippen LogP) is 2.53. The first-order chi connectivity index (χ1) is 12.3. The zero-order valence-electron chi connectivity index (χ0n) is 14.2. The van der Waals surface area contributed by atoms with Gasteiger partial charge in [-0.1, -0.05) is 0 Å². The molecule has 25 heavy (non-hydrogen) atoms. The van der Waals surface area contributed by atoms with Crippen molar-refractivity contribution in [2.45, 2.75) is 32.1 Å². The van der Waals surface area contributed by atoms with Crippen molar-refractivity contribution in [1.82, 2.24) is 15.2 Å². The van der Waals surface area contributed by atoms with Gasteiger partial charge in [0.05, 0.1) is 17.9 Å². The monoisotopic (exact) mass is 335 g/mol. The number of nitriles is 1. The number of hydrogen-bond donors (Lipinski definition) is 0. The molecule has 2 aromatic rings. The maximum Gasteiger partial charge on any atom is 0.233 e. The molecule has 2 aliphatic rings. The molecule has 1 aliphatic heterocycles. The summed E-state index contributed by atoms with van der Waals surface area (Å²) in [6, 6.07) is 7.91. The molecule has 1 saturated heterocycles. The van der Waals surface area contributed by atoms with Crippen molar-refractivity contribution in [2.24, 2.45) is 5.92 Å². The van der Waals surface area contributed by atoms with Gasteiger partial charge in [-0.25, -0.2) is 4.98 Å². The lowest BCUT2D eigenvalue weighted by Gasteiger charge is -2.32. The number of aryl methyl sites for hydroxylation is 2. The van der Waals surface area contributed by atoms with Crippen LogP contribution in [-0.4, -0.2) is 34.9 Å². The maximum absolute atomic E-state index is 8.85. The third-order valence-corrected chi connectivity index (χ3v) is 5.08. The van der Waals surface area contributed by atoms with Crippen LogP contribution in [-0.2, 0) is 12.8 Å². The van der Waals surface area contributed by atoms with Crippen LogP contribution in [0.15, 0.2) is 24.4 Å². The van der Waals surface area contributed by atoms with Crippen LogP contribution >= 0.6 is 0 Å². The molecule has 0 aromatic carbocycles. The second kappa shape index (κ2) is 7.06. The minimum atomic E-state index is 0.532. The molecule has 0 atom stereocenters. The highest BCUT2D eigenvalue weighted by Gasteiger charge is 2.21. The molecule has 3 heterocycles. The molecule has 0 amide bonds. The van der Waals surface area contributed by atoms with E-state index < -0.39 is 0 Å². The number of rotatable bonds is 4. The van der Waals surface area contributed by atoms with Crippen molar-refractivity contribution < 1.29 is 4.74 Å². The largest absolute Gasteiger partial charge is 0.476 e. The van der Waals surface area contributed by atoms with Crippen LogP contribution < -0.4 is 9.64 Å². The minimum absolute atomic E-state index is 0.532. The van der Waals surface area contributed by atoms with E-state index in [2.05, 4.69) is 32.2 Å². The van der Waals surface area contributed by atoms with Gasteiger partial charge in [0, 0.05) is 25.4 Å². The Hall–Kier alpha value is -2.68. The molecule has 1 aliphatic carbocycles. The number of nitrogens with zero attached hydrogens (tertiary/aromatic N) is 5. The van der Waals surface area contributed by atoms with Crippen LogP contribution in [0.5, 0.6) is 5.88 Å². The fraction of sp³-hybridized carbons (Fsp3) is 0.474. The van der Waals surface area contributed by atoms with Gasteiger partial charge in [0.1, 0.15) is 11.9 Å². The summed E-state index contributed by atoms with van der Waals surface area (Å²) in [7, 11) is 0. The minimum Gasteiger partial charge on any atom is -0.476 e. The maximum atomic E-state index is 8.85. The van der Waals surface area contributed by atoms with Crippen LogP contribution in [0.1, 0.15) is 36.1 Å². The van der Waals surface area contributed by atoms with Crippen LogP contribution in [0.3, 0.4) is 0 Å². The second-order valence-corrected chi connectivity index (χ2v) is 6.77. The van der Waals surface area contributed by atoms with Gasteiger partial charge in [-0.3, -0.25) is 0 Å². The molecular formula is C19H21N5O. The van der Waals surface area contributed by atoms with Gasteiger partial charge in [-0.2, -0.15) is 10.4 Å². The highest BCUT2D eigenvalue weighted by molar-refractivity contribution is 5.42. The summed E-state index contributed by atoms with van der Waals surface area (Å²) in [4.78, 5) is 6.65. The summed E-state index contributed by atoms with van der Waals surface area (Å²) >= 11 is 0. The lowest BCUT2D eigenvalue weighted by Crippen LogP contribution is -2.36. The zero-order chi connectivity index (χ0) is 17.1. The molecule has 0 N–H and O–H groups in total. The molecule has 4 rings (SSSR count). The molecule has 1 fully saturated rings. The molecule has 0 saturated carbocycles. The summed E-state index contributed by atoms with van der Waals surface area (Å²) in [5.41, 5.74) is 3.03. The van der Waals surface area contributed by atoms with Gasteiger partial charge in [0.25, 0.3) is 0 Å². The van der Waals surface area contributed by atoms with Crippen molar-refractivity contribution in [1.29, 1.82) is 5.26 Å². The third-order valence-electron chi connectivity index (χ3n) is 5.08.